The molecule has 2 rings (SSSR count). The SMILES string of the molecule is CC(C)NC1(C#N)CCC(N(C)C(C)C2CC2)C1. The summed E-state index contributed by atoms with van der Waals surface area (Å²) in [5.74, 6) is 0.908. The van der Waals surface area contributed by atoms with Crippen molar-refractivity contribution in [3.05, 3.63) is 0 Å². The van der Waals surface area contributed by atoms with E-state index in [1.807, 2.05) is 0 Å². The lowest BCUT2D eigenvalue weighted by Crippen LogP contribution is -2.47. The molecule has 0 aromatic heterocycles. The standard InChI is InChI=1S/C15H27N3/c1-11(2)17-15(10-16)8-7-14(9-15)18(4)12(3)13-5-6-13/h11-14,17H,5-9H2,1-4H3. The highest BCUT2D eigenvalue weighted by atomic mass is 15.2. The van der Waals surface area contributed by atoms with Crippen LogP contribution in [0.3, 0.4) is 0 Å². The zero-order valence-corrected chi connectivity index (χ0v) is 12.2. The molecule has 0 aliphatic heterocycles. The molecule has 0 amide bonds. The Hall–Kier alpha value is -0.590. The second-order valence-corrected chi connectivity index (χ2v) is 6.63. The molecular formula is C15H27N3. The molecule has 3 atom stereocenters. The summed E-state index contributed by atoms with van der Waals surface area (Å²) in [5, 5.41) is 13.0. The minimum atomic E-state index is -0.281. The topological polar surface area (TPSA) is 39.1 Å². The molecule has 0 radical (unpaired) electrons. The lowest BCUT2D eigenvalue weighted by Gasteiger charge is -2.32. The zero-order valence-electron chi connectivity index (χ0n) is 12.2. The van der Waals surface area contributed by atoms with Crippen molar-refractivity contribution in [2.75, 3.05) is 7.05 Å². The first-order valence-electron chi connectivity index (χ1n) is 7.38. The highest BCUT2D eigenvalue weighted by molar-refractivity contribution is 5.14. The van der Waals surface area contributed by atoms with E-state index in [9.17, 15) is 5.26 Å². The molecule has 0 aromatic rings. The third kappa shape index (κ3) is 2.87. The molecule has 0 bridgehead atoms. The van der Waals surface area contributed by atoms with Crippen LogP contribution in [0.25, 0.3) is 0 Å². The van der Waals surface area contributed by atoms with Gasteiger partial charge in [0.1, 0.15) is 5.54 Å². The molecule has 3 nitrogen and oxygen atoms in total. The molecule has 102 valence electrons. The van der Waals surface area contributed by atoms with E-state index < -0.39 is 0 Å². The first-order chi connectivity index (χ1) is 8.47. The molecule has 2 aliphatic rings. The van der Waals surface area contributed by atoms with Crippen LogP contribution in [0.2, 0.25) is 0 Å². The summed E-state index contributed by atoms with van der Waals surface area (Å²) < 4.78 is 0. The highest BCUT2D eigenvalue weighted by Gasteiger charge is 2.43. The van der Waals surface area contributed by atoms with Crippen LogP contribution in [0.15, 0.2) is 0 Å². The molecule has 0 aromatic carbocycles. The maximum Gasteiger partial charge on any atom is 0.108 e. The van der Waals surface area contributed by atoms with Gasteiger partial charge >= 0.3 is 0 Å². The Balaban J connectivity index is 1.95. The van der Waals surface area contributed by atoms with E-state index in [0.717, 1.165) is 25.2 Å². The van der Waals surface area contributed by atoms with Crippen molar-refractivity contribution < 1.29 is 0 Å². The van der Waals surface area contributed by atoms with Gasteiger partial charge in [-0.25, -0.2) is 0 Å². The number of nitrogens with zero attached hydrogens (tertiary/aromatic N) is 2. The van der Waals surface area contributed by atoms with E-state index in [1.165, 1.54) is 12.8 Å². The summed E-state index contributed by atoms with van der Waals surface area (Å²) in [6, 6.07) is 4.18. The van der Waals surface area contributed by atoms with Crippen LogP contribution >= 0.6 is 0 Å². The van der Waals surface area contributed by atoms with Gasteiger partial charge in [0.15, 0.2) is 0 Å². The van der Waals surface area contributed by atoms with Crippen molar-refractivity contribution in [2.45, 2.75) is 76.5 Å². The van der Waals surface area contributed by atoms with Gasteiger partial charge in [-0.3, -0.25) is 5.32 Å². The monoisotopic (exact) mass is 249 g/mol. The molecule has 3 heteroatoms. The molecule has 2 saturated carbocycles. The maximum atomic E-state index is 9.49. The Morgan fingerprint density at radius 2 is 1.94 bits per heavy atom. The number of nitriles is 1. The Labute approximate surface area is 112 Å². The molecule has 0 saturated heterocycles. The van der Waals surface area contributed by atoms with Crippen LogP contribution in [0, 0.1) is 17.2 Å². The second-order valence-electron chi connectivity index (χ2n) is 6.63. The van der Waals surface area contributed by atoms with E-state index in [2.05, 4.69) is 44.1 Å². The summed E-state index contributed by atoms with van der Waals surface area (Å²) in [4.78, 5) is 2.53. The van der Waals surface area contributed by atoms with Crippen molar-refractivity contribution >= 4 is 0 Å². The number of hydrogen-bond donors (Lipinski definition) is 1. The Kier molecular flexibility index (Phi) is 3.99. The predicted octanol–water partition coefficient (Wildman–Crippen LogP) is 2.53. The zero-order chi connectivity index (χ0) is 13.3. The molecule has 2 aliphatic carbocycles. The van der Waals surface area contributed by atoms with Gasteiger partial charge < -0.3 is 4.90 Å². The normalized spacial score (nSPS) is 33.9. The fourth-order valence-corrected chi connectivity index (χ4v) is 3.43. The summed E-state index contributed by atoms with van der Waals surface area (Å²) in [5.41, 5.74) is -0.281. The van der Waals surface area contributed by atoms with Gasteiger partial charge in [0.2, 0.25) is 0 Å². The van der Waals surface area contributed by atoms with Crippen LogP contribution in [0.4, 0.5) is 0 Å². The van der Waals surface area contributed by atoms with Gasteiger partial charge in [-0.15, -0.1) is 0 Å². The van der Waals surface area contributed by atoms with E-state index in [1.54, 1.807) is 0 Å². The van der Waals surface area contributed by atoms with Crippen molar-refractivity contribution in [1.29, 1.82) is 5.26 Å². The summed E-state index contributed by atoms with van der Waals surface area (Å²) >= 11 is 0. The Morgan fingerprint density at radius 1 is 1.28 bits per heavy atom. The summed E-state index contributed by atoms with van der Waals surface area (Å²) in [7, 11) is 2.25. The number of rotatable bonds is 5. The van der Waals surface area contributed by atoms with Gasteiger partial charge in [-0.1, -0.05) is 0 Å². The Morgan fingerprint density at radius 3 is 2.44 bits per heavy atom. The first kappa shape index (κ1) is 13.8. The quantitative estimate of drug-likeness (QED) is 0.814. The van der Waals surface area contributed by atoms with Gasteiger partial charge in [-0.2, -0.15) is 5.26 Å². The van der Waals surface area contributed by atoms with Crippen molar-refractivity contribution in [2.24, 2.45) is 5.92 Å². The number of nitrogens with one attached hydrogen (secondary N) is 1. The predicted molar refractivity (Wildman–Crippen MR) is 74.2 cm³/mol. The second kappa shape index (κ2) is 5.19. The van der Waals surface area contributed by atoms with E-state index in [-0.39, 0.29) is 5.54 Å². The van der Waals surface area contributed by atoms with Crippen LogP contribution in [-0.2, 0) is 0 Å². The summed E-state index contributed by atoms with van der Waals surface area (Å²) in [6.07, 6.45) is 5.92. The van der Waals surface area contributed by atoms with Crippen LogP contribution in [-0.4, -0.2) is 35.6 Å². The number of hydrogen-bond acceptors (Lipinski definition) is 3. The smallest absolute Gasteiger partial charge is 0.108 e. The van der Waals surface area contributed by atoms with E-state index >= 15 is 0 Å². The molecule has 2 fully saturated rings. The molecular weight excluding hydrogens is 222 g/mol. The Bertz CT molecular complexity index is 329. The average Bonchev–Trinajstić information content (AvgIpc) is 3.09. The van der Waals surface area contributed by atoms with Gasteiger partial charge in [0.05, 0.1) is 6.07 Å². The summed E-state index contributed by atoms with van der Waals surface area (Å²) in [6.45, 7) is 6.60. The average molecular weight is 249 g/mol. The van der Waals surface area contributed by atoms with Gasteiger partial charge in [0.25, 0.3) is 0 Å². The first-order valence-corrected chi connectivity index (χ1v) is 7.38. The largest absolute Gasteiger partial charge is 0.300 e. The molecule has 3 unspecified atom stereocenters. The van der Waals surface area contributed by atoms with E-state index in [0.29, 0.717) is 18.1 Å². The minimum Gasteiger partial charge on any atom is -0.300 e. The lowest BCUT2D eigenvalue weighted by molar-refractivity contribution is 0.163. The molecule has 18 heavy (non-hydrogen) atoms. The van der Waals surface area contributed by atoms with E-state index in [4.69, 9.17) is 0 Å². The van der Waals surface area contributed by atoms with Crippen molar-refractivity contribution in [3.63, 3.8) is 0 Å². The van der Waals surface area contributed by atoms with Gasteiger partial charge in [-0.05, 0) is 65.8 Å². The van der Waals surface area contributed by atoms with Crippen LogP contribution in [0.1, 0.15) is 52.9 Å². The lowest BCUT2D eigenvalue weighted by atomic mass is 9.98. The maximum absolute atomic E-state index is 9.49. The van der Waals surface area contributed by atoms with Crippen LogP contribution < -0.4 is 5.32 Å². The minimum absolute atomic E-state index is 0.281. The van der Waals surface area contributed by atoms with Crippen molar-refractivity contribution in [1.82, 2.24) is 10.2 Å². The van der Waals surface area contributed by atoms with Gasteiger partial charge in [0, 0.05) is 18.1 Å². The van der Waals surface area contributed by atoms with Crippen LogP contribution in [0.5, 0.6) is 0 Å². The molecule has 0 spiro atoms. The fraction of sp³-hybridized carbons (Fsp3) is 0.933. The molecule has 1 N–H and O–H groups in total. The van der Waals surface area contributed by atoms with Crippen molar-refractivity contribution in [3.8, 4) is 6.07 Å². The highest BCUT2D eigenvalue weighted by Crippen LogP contribution is 2.39. The fourth-order valence-electron chi connectivity index (χ4n) is 3.43. The third-order valence-electron chi connectivity index (χ3n) is 4.79. The molecule has 0 heterocycles. The third-order valence-corrected chi connectivity index (χ3v) is 4.79.